The van der Waals surface area contributed by atoms with Gasteiger partial charge in [0, 0.05) is 12.8 Å². The summed E-state index contributed by atoms with van der Waals surface area (Å²) in [7, 11) is 0. The summed E-state index contributed by atoms with van der Waals surface area (Å²) in [5.41, 5.74) is 0. The van der Waals surface area contributed by atoms with Gasteiger partial charge in [0.15, 0.2) is 0 Å². The number of esters is 1. The molecule has 2 atom stereocenters. The van der Waals surface area contributed by atoms with Crippen molar-refractivity contribution in [3.05, 3.63) is 36.5 Å². The highest BCUT2D eigenvalue weighted by Crippen LogP contribution is 2.17. The molecule has 412 valence electrons. The molecule has 0 aromatic carbocycles. The maximum Gasteiger partial charge on any atom is 0.305 e. The highest BCUT2D eigenvalue weighted by atomic mass is 16.5. The second-order valence-corrected chi connectivity index (χ2v) is 21.4. The molecule has 0 aliphatic heterocycles. The molecular formula is C64H121NO5. The molecule has 0 aliphatic rings. The fourth-order valence-electron chi connectivity index (χ4n) is 9.61. The Labute approximate surface area is 436 Å². The summed E-state index contributed by atoms with van der Waals surface area (Å²) in [6, 6.07) is -0.538. The Morgan fingerprint density at radius 3 is 1.16 bits per heavy atom. The van der Waals surface area contributed by atoms with E-state index in [0.717, 1.165) is 51.4 Å². The fourth-order valence-corrected chi connectivity index (χ4v) is 9.61. The SMILES string of the molecule is CCC/C=C\C/C=C\CCCCCCCC(=O)OCCCCCCCCCCCCCC/C=C\CCCCCCCCCCCCCCCCC(=O)NC(CO)C(O)CCCCCCCCCCCC. The normalized spacial score (nSPS) is 12.8. The van der Waals surface area contributed by atoms with Crippen molar-refractivity contribution in [3.8, 4) is 0 Å². The number of nitrogens with one attached hydrogen (secondary N) is 1. The van der Waals surface area contributed by atoms with Crippen molar-refractivity contribution >= 4 is 11.9 Å². The lowest BCUT2D eigenvalue weighted by molar-refractivity contribution is -0.143. The molecule has 6 heteroatoms. The summed E-state index contributed by atoms with van der Waals surface area (Å²) < 4.78 is 5.47. The van der Waals surface area contributed by atoms with Crippen LogP contribution in [0.3, 0.4) is 0 Å². The van der Waals surface area contributed by atoms with Gasteiger partial charge in [0.1, 0.15) is 0 Å². The minimum absolute atomic E-state index is 0.00151. The van der Waals surface area contributed by atoms with Gasteiger partial charge in [0.2, 0.25) is 5.91 Å². The lowest BCUT2D eigenvalue weighted by Gasteiger charge is -2.22. The van der Waals surface area contributed by atoms with E-state index < -0.39 is 12.1 Å². The van der Waals surface area contributed by atoms with Crippen molar-refractivity contribution in [2.75, 3.05) is 13.2 Å². The molecule has 0 saturated heterocycles. The zero-order valence-electron chi connectivity index (χ0n) is 47.0. The predicted octanol–water partition coefficient (Wildman–Crippen LogP) is 19.6. The van der Waals surface area contributed by atoms with Gasteiger partial charge in [-0.25, -0.2) is 0 Å². The van der Waals surface area contributed by atoms with Crippen LogP contribution in [0.5, 0.6) is 0 Å². The number of ether oxygens (including phenoxy) is 1. The predicted molar refractivity (Wildman–Crippen MR) is 306 cm³/mol. The number of amides is 1. The van der Waals surface area contributed by atoms with Crippen molar-refractivity contribution in [2.45, 2.75) is 347 Å². The van der Waals surface area contributed by atoms with Crippen LogP contribution < -0.4 is 5.32 Å². The molecular weight excluding hydrogens is 863 g/mol. The van der Waals surface area contributed by atoms with Crippen LogP contribution in [0, 0.1) is 0 Å². The summed E-state index contributed by atoms with van der Waals surface area (Å²) in [6.45, 7) is 4.88. The maximum atomic E-state index is 12.4. The van der Waals surface area contributed by atoms with Crippen LogP contribution in [0.2, 0.25) is 0 Å². The smallest absolute Gasteiger partial charge is 0.305 e. The van der Waals surface area contributed by atoms with Gasteiger partial charge < -0.3 is 20.3 Å². The van der Waals surface area contributed by atoms with Crippen LogP contribution in [-0.4, -0.2) is 47.4 Å². The number of hydrogen-bond donors (Lipinski definition) is 3. The number of aliphatic hydroxyl groups is 2. The number of rotatable bonds is 58. The molecule has 0 rings (SSSR count). The minimum Gasteiger partial charge on any atom is -0.466 e. The molecule has 0 aromatic heterocycles. The topological polar surface area (TPSA) is 95.9 Å². The third-order valence-corrected chi connectivity index (χ3v) is 14.4. The monoisotopic (exact) mass is 984 g/mol. The summed E-state index contributed by atoms with van der Waals surface area (Å²) in [6.07, 6.45) is 74.6. The van der Waals surface area contributed by atoms with Gasteiger partial charge in [-0.1, -0.05) is 281 Å². The molecule has 0 aliphatic carbocycles. The third-order valence-electron chi connectivity index (χ3n) is 14.4. The molecule has 2 unspecified atom stereocenters. The molecule has 0 aromatic rings. The fraction of sp³-hybridized carbons (Fsp3) is 0.875. The summed E-state index contributed by atoms with van der Waals surface area (Å²) in [4.78, 5) is 24.5. The van der Waals surface area contributed by atoms with Gasteiger partial charge in [-0.05, 0) is 77.0 Å². The van der Waals surface area contributed by atoms with Crippen molar-refractivity contribution in [1.82, 2.24) is 5.32 Å². The van der Waals surface area contributed by atoms with Crippen LogP contribution >= 0.6 is 0 Å². The average molecular weight is 985 g/mol. The van der Waals surface area contributed by atoms with Gasteiger partial charge in [0.05, 0.1) is 25.4 Å². The molecule has 0 radical (unpaired) electrons. The number of hydrogen-bond acceptors (Lipinski definition) is 5. The summed E-state index contributed by atoms with van der Waals surface area (Å²) in [5.74, 6) is -0.0329. The lowest BCUT2D eigenvalue weighted by Crippen LogP contribution is -2.45. The highest BCUT2D eigenvalue weighted by molar-refractivity contribution is 5.76. The van der Waals surface area contributed by atoms with E-state index in [-0.39, 0.29) is 18.5 Å². The van der Waals surface area contributed by atoms with E-state index in [1.54, 1.807) is 0 Å². The largest absolute Gasteiger partial charge is 0.466 e. The second kappa shape index (κ2) is 59.6. The highest BCUT2D eigenvalue weighted by Gasteiger charge is 2.20. The minimum atomic E-state index is -0.661. The van der Waals surface area contributed by atoms with Crippen LogP contribution in [0.4, 0.5) is 0 Å². The molecule has 0 heterocycles. The molecule has 0 bridgehead atoms. The quantitative estimate of drug-likeness (QED) is 0.0321. The first-order valence-corrected chi connectivity index (χ1v) is 31.2. The Kier molecular flexibility index (Phi) is 58.0. The van der Waals surface area contributed by atoms with Gasteiger partial charge >= 0.3 is 5.97 Å². The van der Waals surface area contributed by atoms with Crippen molar-refractivity contribution in [1.29, 1.82) is 0 Å². The number of unbranched alkanes of at least 4 members (excludes halogenated alkanes) is 41. The van der Waals surface area contributed by atoms with E-state index in [0.29, 0.717) is 25.9 Å². The van der Waals surface area contributed by atoms with Crippen molar-refractivity contribution in [3.63, 3.8) is 0 Å². The summed E-state index contributed by atoms with van der Waals surface area (Å²) in [5, 5.41) is 23.2. The zero-order valence-corrected chi connectivity index (χ0v) is 47.0. The summed E-state index contributed by atoms with van der Waals surface area (Å²) >= 11 is 0. The van der Waals surface area contributed by atoms with E-state index in [1.165, 1.54) is 250 Å². The molecule has 3 N–H and O–H groups in total. The number of allylic oxidation sites excluding steroid dienone is 6. The Hall–Kier alpha value is -1.92. The Bertz CT molecular complexity index is 1130. The molecule has 0 spiro atoms. The number of carbonyl (C=O) groups is 2. The number of carbonyl (C=O) groups excluding carboxylic acids is 2. The molecule has 1 amide bonds. The van der Waals surface area contributed by atoms with E-state index in [9.17, 15) is 19.8 Å². The van der Waals surface area contributed by atoms with Gasteiger partial charge in [0.25, 0.3) is 0 Å². The number of aliphatic hydroxyl groups excluding tert-OH is 2. The van der Waals surface area contributed by atoms with Crippen molar-refractivity contribution < 1.29 is 24.5 Å². The second-order valence-electron chi connectivity index (χ2n) is 21.4. The zero-order chi connectivity index (χ0) is 50.7. The van der Waals surface area contributed by atoms with Gasteiger partial charge in [-0.3, -0.25) is 9.59 Å². The van der Waals surface area contributed by atoms with E-state index in [1.807, 2.05) is 0 Å². The average Bonchev–Trinajstić information content (AvgIpc) is 3.36. The first-order valence-electron chi connectivity index (χ1n) is 31.2. The molecule has 0 saturated carbocycles. The molecule has 70 heavy (non-hydrogen) atoms. The standard InChI is InChI=1S/C64H121NO5/c1-3-5-7-9-11-13-15-34-38-42-46-50-54-58-64(69)70-59-55-51-47-43-39-36-33-31-29-27-25-23-21-19-17-16-18-20-22-24-26-28-30-32-35-37-41-45-49-53-57-63(68)65-61(60-66)62(67)56-52-48-44-40-14-12-10-8-6-4-2/h7,9,13,15,17,19,61-62,66-67H,3-6,8,10-12,14,16,18,20-60H2,1-2H3,(H,65,68)/b9-7-,15-13-,19-17-. The Morgan fingerprint density at radius 2 is 0.743 bits per heavy atom. The first-order chi connectivity index (χ1) is 34.5. The Balaban J connectivity index is 3.35. The lowest BCUT2D eigenvalue weighted by atomic mass is 10.0. The van der Waals surface area contributed by atoms with Gasteiger partial charge in [-0.15, -0.1) is 0 Å². The van der Waals surface area contributed by atoms with Crippen molar-refractivity contribution in [2.24, 2.45) is 0 Å². The van der Waals surface area contributed by atoms with E-state index >= 15 is 0 Å². The third kappa shape index (κ3) is 55.4. The first kappa shape index (κ1) is 68.1. The molecule has 6 nitrogen and oxygen atoms in total. The maximum absolute atomic E-state index is 12.4. The van der Waals surface area contributed by atoms with Crippen LogP contribution in [0.15, 0.2) is 36.5 Å². The van der Waals surface area contributed by atoms with E-state index in [4.69, 9.17) is 4.74 Å². The van der Waals surface area contributed by atoms with Crippen LogP contribution in [0.1, 0.15) is 335 Å². The Morgan fingerprint density at radius 1 is 0.400 bits per heavy atom. The van der Waals surface area contributed by atoms with Crippen LogP contribution in [-0.2, 0) is 14.3 Å². The molecule has 0 fully saturated rings. The van der Waals surface area contributed by atoms with E-state index in [2.05, 4.69) is 55.6 Å². The van der Waals surface area contributed by atoms with Gasteiger partial charge in [-0.2, -0.15) is 0 Å². The van der Waals surface area contributed by atoms with Crippen LogP contribution in [0.25, 0.3) is 0 Å².